The third kappa shape index (κ3) is 6.67. The highest BCUT2D eigenvalue weighted by molar-refractivity contribution is 14.1. The lowest BCUT2D eigenvalue weighted by Crippen LogP contribution is -2.20. The lowest BCUT2D eigenvalue weighted by molar-refractivity contribution is -0.124. The number of hydrogen-bond acceptors (Lipinski definition) is 3. The summed E-state index contributed by atoms with van der Waals surface area (Å²) >= 11 is 7.97. The topological polar surface area (TPSA) is 70.6 Å². The van der Waals surface area contributed by atoms with Crippen LogP contribution in [0.1, 0.15) is 18.4 Å². The number of carbonyl (C=O) groups excluding carboxylic acids is 2. The van der Waals surface area contributed by atoms with Crippen LogP contribution < -0.4 is 10.7 Å². The molecule has 0 saturated heterocycles. The Bertz CT molecular complexity index is 731. The largest absolute Gasteiger partial charge is 0.326 e. The van der Waals surface area contributed by atoms with Crippen molar-refractivity contribution in [2.75, 3.05) is 5.32 Å². The molecule has 0 spiro atoms. The van der Waals surface area contributed by atoms with E-state index in [4.69, 9.17) is 11.6 Å². The Morgan fingerprint density at radius 3 is 2.29 bits per heavy atom. The van der Waals surface area contributed by atoms with Crippen LogP contribution in [0.5, 0.6) is 0 Å². The summed E-state index contributed by atoms with van der Waals surface area (Å²) in [6, 6.07) is 14.5. The molecule has 0 heterocycles. The molecule has 0 aliphatic heterocycles. The first kappa shape index (κ1) is 18.4. The molecule has 2 amide bonds. The Balaban J connectivity index is 1.71. The minimum Gasteiger partial charge on any atom is -0.326 e. The van der Waals surface area contributed by atoms with Gasteiger partial charge in [0.1, 0.15) is 0 Å². The van der Waals surface area contributed by atoms with Gasteiger partial charge in [0.2, 0.25) is 11.8 Å². The maximum Gasteiger partial charge on any atom is 0.240 e. The predicted octanol–water partition coefficient (Wildman–Crippen LogP) is 3.81. The summed E-state index contributed by atoms with van der Waals surface area (Å²) in [6.45, 7) is 0. The molecule has 0 aromatic heterocycles. The number of hydrazone groups is 1. The Kier molecular flexibility index (Phi) is 7.20. The van der Waals surface area contributed by atoms with E-state index in [1.807, 2.05) is 24.3 Å². The van der Waals surface area contributed by atoms with Crippen molar-refractivity contribution in [2.45, 2.75) is 12.8 Å². The van der Waals surface area contributed by atoms with Gasteiger partial charge in [0.15, 0.2) is 0 Å². The Morgan fingerprint density at radius 2 is 1.62 bits per heavy atom. The Hall–Kier alpha value is -1.93. The summed E-state index contributed by atoms with van der Waals surface area (Å²) in [7, 11) is 0. The van der Waals surface area contributed by atoms with E-state index in [0.717, 1.165) is 9.13 Å². The van der Waals surface area contributed by atoms with Gasteiger partial charge < -0.3 is 5.32 Å². The maximum absolute atomic E-state index is 11.8. The Morgan fingerprint density at radius 1 is 1.00 bits per heavy atom. The average molecular weight is 456 g/mol. The molecule has 5 nitrogen and oxygen atoms in total. The molecule has 0 bridgehead atoms. The van der Waals surface area contributed by atoms with Crippen LogP contribution in [0.3, 0.4) is 0 Å². The number of amides is 2. The summed E-state index contributed by atoms with van der Waals surface area (Å²) in [5.74, 6) is -0.536. The van der Waals surface area contributed by atoms with Crippen LogP contribution in [-0.4, -0.2) is 18.0 Å². The highest BCUT2D eigenvalue weighted by Gasteiger charge is 2.06. The second-order valence-electron chi connectivity index (χ2n) is 4.90. The molecule has 0 fully saturated rings. The third-order valence-corrected chi connectivity index (χ3v) is 3.95. The van der Waals surface area contributed by atoms with Crippen LogP contribution in [0, 0.1) is 3.57 Å². The molecule has 24 heavy (non-hydrogen) atoms. The number of hydrogen-bond donors (Lipinski definition) is 2. The molecule has 2 rings (SSSR count). The maximum atomic E-state index is 11.8. The molecule has 124 valence electrons. The van der Waals surface area contributed by atoms with Crippen molar-refractivity contribution in [3.63, 3.8) is 0 Å². The standard InChI is InChI=1S/C17H15ClIN3O2/c18-13-3-1-12(2-4-13)11-20-22-17(24)10-9-16(23)21-15-7-5-14(19)6-8-15/h1-8,11H,9-10H2,(H,21,23)(H,22,24). The summed E-state index contributed by atoms with van der Waals surface area (Å²) in [6.07, 6.45) is 1.67. The third-order valence-electron chi connectivity index (χ3n) is 2.98. The van der Waals surface area contributed by atoms with E-state index in [1.165, 1.54) is 6.21 Å². The van der Waals surface area contributed by atoms with E-state index in [0.29, 0.717) is 10.7 Å². The number of rotatable bonds is 6. The number of anilines is 1. The van der Waals surface area contributed by atoms with Crippen LogP contribution in [-0.2, 0) is 9.59 Å². The number of nitrogens with one attached hydrogen (secondary N) is 2. The van der Waals surface area contributed by atoms with Gasteiger partial charge >= 0.3 is 0 Å². The fourth-order valence-corrected chi connectivity index (χ4v) is 2.25. The molecule has 2 aromatic rings. The number of benzene rings is 2. The number of carbonyl (C=O) groups is 2. The molecule has 2 aromatic carbocycles. The molecular formula is C17H15ClIN3O2. The van der Waals surface area contributed by atoms with Crippen molar-refractivity contribution in [1.29, 1.82) is 0 Å². The minimum atomic E-state index is -0.321. The summed E-state index contributed by atoms with van der Waals surface area (Å²) in [5.41, 5.74) is 3.91. The van der Waals surface area contributed by atoms with Gasteiger partial charge in [-0.05, 0) is 64.6 Å². The first-order valence-corrected chi connectivity index (χ1v) is 8.61. The van der Waals surface area contributed by atoms with Crippen LogP contribution >= 0.6 is 34.2 Å². The van der Waals surface area contributed by atoms with Gasteiger partial charge in [0, 0.05) is 27.1 Å². The summed E-state index contributed by atoms with van der Waals surface area (Å²) < 4.78 is 1.09. The molecule has 7 heteroatoms. The second-order valence-corrected chi connectivity index (χ2v) is 6.58. The highest BCUT2D eigenvalue weighted by Crippen LogP contribution is 2.11. The SMILES string of the molecule is O=C(CCC(=O)Nc1ccc(I)cc1)NN=Cc1ccc(Cl)cc1. The average Bonchev–Trinajstić information content (AvgIpc) is 2.57. The number of halogens is 2. The fourth-order valence-electron chi connectivity index (χ4n) is 1.77. The van der Waals surface area contributed by atoms with E-state index >= 15 is 0 Å². The van der Waals surface area contributed by atoms with Gasteiger partial charge in [-0.3, -0.25) is 9.59 Å². The van der Waals surface area contributed by atoms with Crippen molar-refractivity contribution in [1.82, 2.24) is 5.43 Å². The van der Waals surface area contributed by atoms with Gasteiger partial charge in [0.25, 0.3) is 0 Å². The molecule has 0 unspecified atom stereocenters. The molecule has 0 aliphatic carbocycles. The van der Waals surface area contributed by atoms with Crippen molar-refractivity contribution in [2.24, 2.45) is 5.10 Å². The first-order chi connectivity index (χ1) is 11.5. The minimum absolute atomic E-state index is 0.0636. The first-order valence-electron chi connectivity index (χ1n) is 7.16. The quantitative estimate of drug-likeness (QED) is 0.395. The Labute approximate surface area is 158 Å². The van der Waals surface area contributed by atoms with Gasteiger partial charge in [-0.15, -0.1) is 0 Å². The van der Waals surface area contributed by atoms with Crippen molar-refractivity contribution >= 4 is 57.9 Å². The molecular weight excluding hydrogens is 441 g/mol. The lowest BCUT2D eigenvalue weighted by atomic mass is 10.2. The van der Waals surface area contributed by atoms with Gasteiger partial charge in [-0.2, -0.15) is 5.10 Å². The summed E-state index contributed by atoms with van der Waals surface area (Å²) in [5, 5.41) is 7.22. The van der Waals surface area contributed by atoms with Crippen LogP contribution in [0.25, 0.3) is 0 Å². The number of nitrogens with zero attached hydrogens (tertiary/aromatic N) is 1. The molecule has 0 saturated carbocycles. The zero-order valence-electron chi connectivity index (χ0n) is 12.6. The molecule has 0 aliphatic rings. The van der Waals surface area contributed by atoms with Crippen molar-refractivity contribution in [3.05, 3.63) is 62.7 Å². The summed E-state index contributed by atoms with van der Waals surface area (Å²) in [4.78, 5) is 23.4. The molecule has 2 N–H and O–H groups in total. The van der Waals surface area contributed by atoms with Crippen LogP contribution in [0.15, 0.2) is 53.6 Å². The van der Waals surface area contributed by atoms with E-state index in [9.17, 15) is 9.59 Å². The van der Waals surface area contributed by atoms with Crippen molar-refractivity contribution < 1.29 is 9.59 Å². The zero-order chi connectivity index (χ0) is 17.4. The van der Waals surface area contributed by atoms with Crippen LogP contribution in [0.2, 0.25) is 5.02 Å². The van der Waals surface area contributed by atoms with Gasteiger partial charge in [-0.25, -0.2) is 5.43 Å². The van der Waals surface area contributed by atoms with Crippen LogP contribution in [0.4, 0.5) is 5.69 Å². The van der Waals surface area contributed by atoms with Gasteiger partial charge in [0.05, 0.1) is 6.21 Å². The normalized spacial score (nSPS) is 10.6. The molecule has 0 atom stereocenters. The molecule has 0 radical (unpaired) electrons. The predicted molar refractivity (Wildman–Crippen MR) is 104 cm³/mol. The highest BCUT2D eigenvalue weighted by atomic mass is 127. The lowest BCUT2D eigenvalue weighted by Gasteiger charge is -2.04. The van der Waals surface area contributed by atoms with Gasteiger partial charge in [-0.1, -0.05) is 23.7 Å². The second kappa shape index (κ2) is 9.39. The van der Waals surface area contributed by atoms with E-state index in [-0.39, 0.29) is 24.7 Å². The van der Waals surface area contributed by atoms with E-state index in [1.54, 1.807) is 24.3 Å². The van der Waals surface area contributed by atoms with Crippen molar-refractivity contribution in [3.8, 4) is 0 Å². The van der Waals surface area contributed by atoms with E-state index < -0.39 is 0 Å². The smallest absolute Gasteiger partial charge is 0.240 e. The zero-order valence-corrected chi connectivity index (χ0v) is 15.5. The fraction of sp³-hybridized carbons (Fsp3) is 0.118. The van der Waals surface area contributed by atoms with E-state index in [2.05, 4.69) is 38.4 Å². The monoisotopic (exact) mass is 455 g/mol.